The standard InChI is InChI=1S/C17H26ClN/c1-12-5-6-16(15(4)8-12)17(18)11-19-9-13(2)7-14(3)10-19/h5-6,8,13-14,17H,7,9-11H2,1-4H3. The van der Waals surface area contributed by atoms with Crippen molar-refractivity contribution in [3.05, 3.63) is 34.9 Å². The molecule has 0 N–H and O–H groups in total. The van der Waals surface area contributed by atoms with Gasteiger partial charge in [0.15, 0.2) is 0 Å². The Morgan fingerprint density at radius 3 is 2.42 bits per heavy atom. The van der Waals surface area contributed by atoms with Gasteiger partial charge >= 0.3 is 0 Å². The van der Waals surface area contributed by atoms with Crippen LogP contribution in [-0.2, 0) is 0 Å². The summed E-state index contributed by atoms with van der Waals surface area (Å²) in [6.45, 7) is 12.4. The summed E-state index contributed by atoms with van der Waals surface area (Å²) in [5, 5.41) is 0.109. The summed E-state index contributed by atoms with van der Waals surface area (Å²) in [4.78, 5) is 2.54. The molecule has 1 fully saturated rings. The molecule has 0 spiro atoms. The predicted octanol–water partition coefficient (Wildman–Crippen LogP) is 4.56. The summed E-state index contributed by atoms with van der Waals surface area (Å²) in [5.41, 5.74) is 3.92. The first-order valence-corrected chi connectivity index (χ1v) is 7.83. The SMILES string of the molecule is Cc1ccc(C(Cl)CN2CC(C)CC(C)C2)c(C)c1. The van der Waals surface area contributed by atoms with Crippen LogP contribution in [-0.4, -0.2) is 24.5 Å². The van der Waals surface area contributed by atoms with Gasteiger partial charge in [-0.3, -0.25) is 0 Å². The van der Waals surface area contributed by atoms with Crippen molar-refractivity contribution >= 4 is 11.6 Å². The summed E-state index contributed by atoms with van der Waals surface area (Å²) in [6.07, 6.45) is 1.35. The Hall–Kier alpha value is -0.530. The van der Waals surface area contributed by atoms with Crippen LogP contribution in [0.4, 0.5) is 0 Å². The summed E-state index contributed by atoms with van der Waals surface area (Å²) in [5.74, 6) is 1.60. The van der Waals surface area contributed by atoms with Gasteiger partial charge in [-0.15, -0.1) is 11.6 Å². The van der Waals surface area contributed by atoms with Gasteiger partial charge in [0, 0.05) is 19.6 Å². The van der Waals surface area contributed by atoms with Crippen molar-refractivity contribution in [2.24, 2.45) is 11.8 Å². The fraction of sp³-hybridized carbons (Fsp3) is 0.647. The molecule has 106 valence electrons. The van der Waals surface area contributed by atoms with E-state index in [0.29, 0.717) is 0 Å². The van der Waals surface area contributed by atoms with E-state index >= 15 is 0 Å². The molecule has 1 nitrogen and oxygen atoms in total. The molecule has 3 atom stereocenters. The van der Waals surface area contributed by atoms with Gasteiger partial charge in [0.25, 0.3) is 0 Å². The largest absolute Gasteiger partial charge is 0.301 e. The Labute approximate surface area is 123 Å². The lowest BCUT2D eigenvalue weighted by Gasteiger charge is -2.36. The Bertz CT molecular complexity index is 419. The number of hydrogen-bond acceptors (Lipinski definition) is 1. The van der Waals surface area contributed by atoms with Crippen molar-refractivity contribution < 1.29 is 0 Å². The normalized spacial score (nSPS) is 26.4. The number of likely N-dealkylation sites (tertiary alicyclic amines) is 1. The molecule has 19 heavy (non-hydrogen) atoms. The lowest BCUT2D eigenvalue weighted by atomic mass is 9.91. The smallest absolute Gasteiger partial charge is 0.0714 e. The quantitative estimate of drug-likeness (QED) is 0.733. The van der Waals surface area contributed by atoms with E-state index in [4.69, 9.17) is 11.6 Å². The number of rotatable bonds is 3. The third kappa shape index (κ3) is 3.97. The zero-order chi connectivity index (χ0) is 14.0. The zero-order valence-electron chi connectivity index (χ0n) is 12.6. The lowest BCUT2D eigenvalue weighted by Crippen LogP contribution is -2.40. The molecule has 1 aromatic rings. The Balaban J connectivity index is 2.02. The summed E-state index contributed by atoms with van der Waals surface area (Å²) in [6, 6.07) is 6.59. The third-order valence-electron chi connectivity index (χ3n) is 4.13. The van der Waals surface area contributed by atoms with E-state index in [0.717, 1.165) is 18.4 Å². The zero-order valence-corrected chi connectivity index (χ0v) is 13.4. The number of alkyl halides is 1. The topological polar surface area (TPSA) is 3.24 Å². The van der Waals surface area contributed by atoms with E-state index in [1.807, 2.05) is 0 Å². The van der Waals surface area contributed by atoms with Crippen LogP contribution in [0.2, 0.25) is 0 Å². The maximum Gasteiger partial charge on any atom is 0.0714 e. The number of nitrogens with zero attached hydrogens (tertiary/aromatic N) is 1. The van der Waals surface area contributed by atoms with Gasteiger partial charge in [0.2, 0.25) is 0 Å². The van der Waals surface area contributed by atoms with Gasteiger partial charge in [-0.05, 0) is 43.2 Å². The van der Waals surface area contributed by atoms with E-state index < -0.39 is 0 Å². The molecule has 0 aliphatic carbocycles. The molecular weight excluding hydrogens is 254 g/mol. The number of benzene rings is 1. The number of piperidine rings is 1. The highest BCUT2D eigenvalue weighted by Gasteiger charge is 2.24. The van der Waals surface area contributed by atoms with Crippen molar-refractivity contribution in [1.82, 2.24) is 4.90 Å². The van der Waals surface area contributed by atoms with E-state index in [1.165, 1.54) is 36.2 Å². The summed E-state index contributed by atoms with van der Waals surface area (Å²) < 4.78 is 0. The van der Waals surface area contributed by atoms with Crippen LogP contribution >= 0.6 is 11.6 Å². The third-order valence-corrected chi connectivity index (χ3v) is 4.50. The highest BCUT2D eigenvalue weighted by atomic mass is 35.5. The van der Waals surface area contributed by atoms with Gasteiger partial charge in [0.05, 0.1) is 5.38 Å². The number of aryl methyl sites for hydroxylation is 2. The molecule has 1 aliphatic rings. The molecule has 2 rings (SSSR count). The van der Waals surface area contributed by atoms with Gasteiger partial charge in [-0.25, -0.2) is 0 Å². The fourth-order valence-corrected chi connectivity index (χ4v) is 3.88. The summed E-state index contributed by atoms with van der Waals surface area (Å²) in [7, 11) is 0. The maximum absolute atomic E-state index is 6.65. The molecule has 1 saturated heterocycles. The molecule has 1 aliphatic heterocycles. The Morgan fingerprint density at radius 1 is 1.21 bits per heavy atom. The molecule has 2 heteroatoms. The first-order valence-electron chi connectivity index (χ1n) is 7.39. The van der Waals surface area contributed by atoms with Crippen LogP contribution in [0.3, 0.4) is 0 Å². The number of hydrogen-bond donors (Lipinski definition) is 0. The molecule has 0 amide bonds. The second-order valence-corrected chi connectivity index (χ2v) is 7.02. The van der Waals surface area contributed by atoms with Gasteiger partial charge in [-0.2, -0.15) is 0 Å². The van der Waals surface area contributed by atoms with Crippen LogP contribution in [0, 0.1) is 25.7 Å². The van der Waals surface area contributed by atoms with Crippen molar-refractivity contribution in [3.8, 4) is 0 Å². The Kier molecular flexibility index (Phi) is 4.92. The predicted molar refractivity (Wildman–Crippen MR) is 83.9 cm³/mol. The highest BCUT2D eigenvalue weighted by molar-refractivity contribution is 6.21. The fourth-order valence-electron chi connectivity index (χ4n) is 3.44. The van der Waals surface area contributed by atoms with Gasteiger partial charge in [0.1, 0.15) is 0 Å². The first kappa shape index (κ1) is 14.9. The minimum Gasteiger partial charge on any atom is -0.301 e. The average Bonchev–Trinajstić information content (AvgIpc) is 2.26. The average molecular weight is 280 g/mol. The molecule has 1 heterocycles. The monoisotopic (exact) mass is 279 g/mol. The second kappa shape index (κ2) is 6.28. The maximum atomic E-state index is 6.65. The van der Waals surface area contributed by atoms with E-state index in [2.05, 4.69) is 50.8 Å². The molecular formula is C17H26ClN. The van der Waals surface area contributed by atoms with Crippen molar-refractivity contribution in [1.29, 1.82) is 0 Å². The van der Waals surface area contributed by atoms with Crippen LogP contribution in [0.1, 0.15) is 42.3 Å². The molecule has 3 unspecified atom stereocenters. The van der Waals surface area contributed by atoms with Crippen molar-refractivity contribution in [3.63, 3.8) is 0 Å². The van der Waals surface area contributed by atoms with Crippen LogP contribution in [0.5, 0.6) is 0 Å². The Morgan fingerprint density at radius 2 is 1.84 bits per heavy atom. The van der Waals surface area contributed by atoms with Crippen molar-refractivity contribution in [2.75, 3.05) is 19.6 Å². The molecule has 0 aromatic heterocycles. The minimum atomic E-state index is 0.109. The highest BCUT2D eigenvalue weighted by Crippen LogP contribution is 2.28. The van der Waals surface area contributed by atoms with Crippen LogP contribution in [0.25, 0.3) is 0 Å². The molecule has 0 saturated carbocycles. The second-order valence-electron chi connectivity index (χ2n) is 6.49. The van der Waals surface area contributed by atoms with Crippen LogP contribution < -0.4 is 0 Å². The van der Waals surface area contributed by atoms with Crippen LogP contribution in [0.15, 0.2) is 18.2 Å². The van der Waals surface area contributed by atoms with E-state index in [1.54, 1.807) is 0 Å². The van der Waals surface area contributed by atoms with Gasteiger partial charge < -0.3 is 4.90 Å². The minimum absolute atomic E-state index is 0.109. The lowest BCUT2D eigenvalue weighted by molar-refractivity contribution is 0.141. The van der Waals surface area contributed by atoms with Crippen molar-refractivity contribution in [2.45, 2.75) is 39.5 Å². The first-order chi connectivity index (χ1) is 8.95. The summed E-state index contributed by atoms with van der Waals surface area (Å²) >= 11 is 6.65. The van der Waals surface area contributed by atoms with E-state index in [9.17, 15) is 0 Å². The molecule has 1 aromatic carbocycles. The van der Waals surface area contributed by atoms with Gasteiger partial charge in [-0.1, -0.05) is 37.6 Å². The van der Waals surface area contributed by atoms with E-state index in [-0.39, 0.29) is 5.38 Å². The molecule has 0 bridgehead atoms. The molecule has 0 radical (unpaired) electrons. The number of halogens is 1.